The van der Waals surface area contributed by atoms with Gasteiger partial charge in [0.15, 0.2) is 5.78 Å². The SMILES string of the molecule is CC(=O)[C@@H](OC(C)(C)C)c1c(C)cc2nc(-c3cnc4c(c3)c(C3CCN(C5COC5)CC3)cn4C)sc2c1-c1ccc(Cl)cc1. The first-order valence-electron chi connectivity index (χ1n) is 16.1. The number of likely N-dealkylation sites (tertiary alicyclic amines) is 1. The first-order valence-corrected chi connectivity index (χ1v) is 17.3. The van der Waals surface area contributed by atoms with E-state index >= 15 is 0 Å². The van der Waals surface area contributed by atoms with Crippen LogP contribution in [-0.2, 0) is 21.3 Å². The smallest absolute Gasteiger partial charge is 0.163 e. The number of Topliss-reactive ketones (excluding diaryl/α,β-unsaturated/α-hetero) is 1. The Bertz CT molecular complexity index is 1930. The van der Waals surface area contributed by atoms with Gasteiger partial charge < -0.3 is 14.0 Å². The van der Waals surface area contributed by atoms with E-state index in [9.17, 15) is 4.79 Å². The lowest BCUT2D eigenvalue weighted by Gasteiger charge is -2.41. The molecule has 7 rings (SSSR count). The van der Waals surface area contributed by atoms with Crippen molar-refractivity contribution >= 4 is 50.0 Å². The molecule has 2 aliphatic heterocycles. The number of pyridine rings is 1. The van der Waals surface area contributed by atoms with Gasteiger partial charge in [0.1, 0.15) is 16.8 Å². The average Bonchev–Trinajstić information content (AvgIpc) is 3.55. The van der Waals surface area contributed by atoms with E-state index in [2.05, 4.69) is 34.8 Å². The molecule has 0 N–H and O–H groups in total. The molecule has 9 heteroatoms. The standard InChI is InChI=1S/C37H41ClN4O3S/c1-21-15-30-34(32(24-7-9-26(38)10-8-24)31(21)33(22(2)43)45-37(3,4)5)46-36(40-30)25-16-28-29(18-41(6)35(28)39-17-25)23-11-13-42(14-12-23)27-19-44-20-27/h7-10,15-18,23,27,33H,11-14,19-20H2,1-6H3/t33-/m1/s1. The second-order valence-electron chi connectivity index (χ2n) is 13.9. The zero-order valence-electron chi connectivity index (χ0n) is 27.4. The van der Waals surface area contributed by atoms with Crippen LogP contribution in [0.5, 0.6) is 0 Å². The number of ketones is 1. The third-order valence-corrected chi connectivity index (χ3v) is 10.8. The molecule has 2 aromatic carbocycles. The van der Waals surface area contributed by atoms with E-state index in [4.69, 9.17) is 31.0 Å². The van der Waals surface area contributed by atoms with Crippen molar-refractivity contribution < 1.29 is 14.3 Å². The monoisotopic (exact) mass is 656 g/mol. The topological polar surface area (TPSA) is 69.5 Å². The number of thiazole rings is 1. The van der Waals surface area contributed by atoms with Gasteiger partial charge in [-0.15, -0.1) is 11.3 Å². The summed E-state index contributed by atoms with van der Waals surface area (Å²) in [4.78, 5) is 25.9. The molecule has 0 bridgehead atoms. The van der Waals surface area contributed by atoms with Crippen molar-refractivity contribution in [2.75, 3.05) is 26.3 Å². The van der Waals surface area contributed by atoms with Crippen LogP contribution in [0.3, 0.4) is 0 Å². The number of halogens is 1. The van der Waals surface area contributed by atoms with Crippen LogP contribution < -0.4 is 0 Å². The second-order valence-corrected chi connectivity index (χ2v) is 15.3. The number of carbonyl (C=O) groups is 1. The van der Waals surface area contributed by atoms with Crippen LogP contribution >= 0.6 is 22.9 Å². The molecule has 7 nitrogen and oxygen atoms in total. The minimum Gasteiger partial charge on any atom is -0.378 e. The summed E-state index contributed by atoms with van der Waals surface area (Å²) in [7, 11) is 2.09. The molecule has 3 aromatic heterocycles. The Morgan fingerprint density at radius 3 is 2.46 bits per heavy atom. The highest BCUT2D eigenvalue weighted by atomic mass is 35.5. The van der Waals surface area contributed by atoms with Gasteiger partial charge in [-0.2, -0.15) is 0 Å². The van der Waals surface area contributed by atoms with Crippen molar-refractivity contribution in [3.63, 3.8) is 0 Å². The van der Waals surface area contributed by atoms with Crippen molar-refractivity contribution in [3.8, 4) is 21.7 Å². The van der Waals surface area contributed by atoms with Gasteiger partial charge in [-0.3, -0.25) is 9.69 Å². The van der Waals surface area contributed by atoms with Crippen molar-refractivity contribution in [2.45, 2.75) is 71.1 Å². The predicted molar refractivity (Wildman–Crippen MR) is 187 cm³/mol. The van der Waals surface area contributed by atoms with E-state index in [-0.39, 0.29) is 5.78 Å². The van der Waals surface area contributed by atoms with Crippen LogP contribution in [0.2, 0.25) is 5.02 Å². The number of ether oxygens (including phenoxy) is 2. The van der Waals surface area contributed by atoms with Gasteiger partial charge in [0.05, 0.1) is 35.1 Å². The predicted octanol–water partition coefficient (Wildman–Crippen LogP) is 8.50. The Balaban J connectivity index is 1.33. The summed E-state index contributed by atoms with van der Waals surface area (Å²) >= 11 is 7.96. The third-order valence-electron chi connectivity index (χ3n) is 9.36. The summed E-state index contributed by atoms with van der Waals surface area (Å²) < 4.78 is 15.0. The minimum absolute atomic E-state index is 0.0320. The van der Waals surface area contributed by atoms with Crippen LogP contribution in [0.15, 0.2) is 48.8 Å². The molecule has 2 aliphatic rings. The summed E-state index contributed by atoms with van der Waals surface area (Å²) in [6, 6.07) is 12.8. The number of hydrogen-bond acceptors (Lipinski definition) is 7. The average molecular weight is 657 g/mol. The summed E-state index contributed by atoms with van der Waals surface area (Å²) in [6.07, 6.45) is 5.79. The maximum Gasteiger partial charge on any atom is 0.163 e. The second kappa shape index (κ2) is 12.1. The molecular weight excluding hydrogens is 616 g/mol. The number of benzene rings is 2. The molecule has 0 aliphatic carbocycles. The molecule has 2 fully saturated rings. The van der Waals surface area contributed by atoms with Crippen LogP contribution in [0.1, 0.15) is 69.2 Å². The molecule has 240 valence electrons. The minimum atomic E-state index is -0.714. The van der Waals surface area contributed by atoms with Crippen molar-refractivity contribution in [2.24, 2.45) is 7.05 Å². The molecule has 0 spiro atoms. The molecule has 5 heterocycles. The van der Waals surface area contributed by atoms with Crippen LogP contribution in [0.25, 0.3) is 42.9 Å². The zero-order valence-corrected chi connectivity index (χ0v) is 29.0. The van der Waals surface area contributed by atoms with Gasteiger partial charge in [0, 0.05) is 46.5 Å². The number of fused-ring (bicyclic) bond motifs is 2. The lowest BCUT2D eigenvalue weighted by atomic mass is 9.88. The molecule has 0 radical (unpaired) electrons. The van der Waals surface area contributed by atoms with Crippen molar-refractivity contribution in [1.29, 1.82) is 0 Å². The molecule has 0 saturated carbocycles. The van der Waals surface area contributed by atoms with E-state index in [0.29, 0.717) is 17.0 Å². The molecule has 46 heavy (non-hydrogen) atoms. The Morgan fingerprint density at radius 2 is 1.83 bits per heavy atom. The van der Waals surface area contributed by atoms with E-state index in [1.54, 1.807) is 18.3 Å². The maximum atomic E-state index is 13.2. The van der Waals surface area contributed by atoms with Gasteiger partial charge in [0.25, 0.3) is 0 Å². The van der Waals surface area contributed by atoms with Gasteiger partial charge >= 0.3 is 0 Å². The summed E-state index contributed by atoms with van der Waals surface area (Å²) in [5, 5.41) is 2.77. The number of hydrogen-bond donors (Lipinski definition) is 0. The van der Waals surface area contributed by atoms with Crippen LogP contribution in [0.4, 0.5) is 0 Å². The maximum absolute atomic E-state index is 13.2. The molecule has 2 saturated heterocycles. The normalized spacial score (nSPS) is 17.5. The lowest BCUT2D eigenvalue weighted by molar-refractivity contribution is -0.138. The number of piperidine rings is 1. The first-order chi connectivity index (χ1) is 22.0. The fraction of sp³-hybridized carbons (Fsp3) is 0.432. The Labute approximate surface area is 279 Å². The number of nitrogens with zero attached hydrogens (tertiary/aromatic N) is 4. The van der Waals surface area contributed by atoms with Gasteiger partial charge in [-0.05, 0) is 107 Å². The van der Waals surface area contributed by atoms with Gasteiger partial charge in [-0.1, -0.05) is 23.7 Å². The third kappa shape index (κ3) is 5.90. The van der Waals surface area contributed by atoms with Gasteiger partial charge in [0.2, 0.25) is 0 Å². The van der Waals surface area contributed by atoms with E-state index in [1.807, 2.05) is 58.2 Å². The van der Waals surface area contributed by atoms with Crippen molar-refractivity contribution in [1.82, 2.24) is 19.4 Å². The summed E-state index contributed by atoms with van der Waals surface area (Å²) in [5.74, 6) is 0.469. The number of aryl methyl sites for hydroxylation is 2. The largest absolute Gasteiger partial charge is 0.378 e. The molecule has 1 atom stereocenters. The fourth-order valence-electron chi connectivity index (χ4n) is 7.02. The number of aromatic nitrogens is 3. The Kier molecular flexibility index (Phi) is 8.31. The highest BCUT2D eigenvalue weighted by Crippen LogP contribution is 2.45. The lowest BCUT2D eigenvalue weighted by Crippen LogP contribution is -2.51. The van der Waals surface area contributed by atoms with E-state index in [1.165, 1.54) is 10.9 Å². The first kappa shape index (κ1) is 31.5. The highest BCUT2D eigenvalue weighted by molar-refractivity contribution is 7.22. The highest BCUT2D eigenvalue weighted by Gasteiger charge is 2.32. The Hall–Kier alpha value is -3.14. The number of rotatable bonds is 7. The molecule has 5 aromatic rings. The van der Waals surface area contributed by atoms with E-state index in [0.717, 1.165) is 87.8 Å². The van der Waals surface area contributed by atoms with Crippen molar-refractivity contribution in [3.05, 3.63) is 70.5 Å². The Morgan fingerprint density at radius 1 is 1.11 bits per heavy atom. The summed E-state index contributed by atoms with van der Waals surface area (Å²) in [6.45, 7) is 13.6. The molecule has 0 unspecified atom stereocenters. The molecular formula is C37H41ClN4O3S. The fourth-order valence-corrected chi connectivity index (χ4v) is 8.25. The zero-order chi connectivity index (χ0) is 32.3. The number of carbonyl (C=O) groups excluding carboxylic acids is 1. The van der Waals surface area contributed by atoms with Crippen LogP contribution in [-0.4, -0.2) is 63.2 Å². The quantitative estimate of drug-likeness (QED) is 0.175. The van der Waals surface area contributed by atoms with Crippen LogP contribution in [0, 0.1) is 6.92 Å². The molecule has 0 amide bonds. The van der Waals surface area contributed by atoms with Gasteiger partial charge in [-0.25, -0.2) is 9.97 Å². The summed E-state index contributed by atoms with van der Waals surface area (Å²) in [5.41, 5.74) is 7.56. The van der Waals surface area contributed by atoms with E-state index < -0.39 is 11.7 Å².